The Morgan fingerprint density at radius 1 is 1.36 bits per heavy atom. The van der Waals surface area contributed by atoms with E-state index >= 15 is 0 Å². The molecule has 0 spiro atoms. The average molecular weight is 190 g/mol. The van der Waals surface area contributed by atoms with Crippen LogP contribution in [0.2, 0.25) is 0 Å². The van der Waals surface area contributed by atoms with Crippen LogP contribution in [0.4, 0.5) is 0 Å². The Morgan fingerprint density at radius 3 is 2.93 bits per heavy atom. The molecule has 2 aromatic rings. The SMILES string of the molecule is COc1ccc(CCN)c2[nH]ccc12. The second-order valence-electron chi connectivity index (χ2n) is 3.23. The van der Waals surface area contributed by atoms with Crippen LogP contribution in [-0.2, 0) is 6.42 Å². The van der Waals surface area contributed by atoms with E-state index in [2.05, 4.69) is 11.1 Å². The highest BCUT2D eigenvalue weighted by atomic mass is 16.5. The van der Waals surface area contributed by atoms with Crippen molar-refractivity contribution in [1.29, 1.82) is 0 Å². The third-order valence-corrected chi connectivity index (χ3v) is 2.40. The topological polar surface area (TPSA) is 51.0 Å². The van der Waals surface area contributed by atoms with Gasteiger partial charge in [-0.15, -0.1) is 0 Å². The Bertz CT molecular complexity index is 434. The number of benzene rings is 1. The molecule has 0 bridgehead atoms. The van der Waals surface area contributed by atoms with Gasteiger partial charge in [-0.05, 0) is 30.7 Å². The monoisotopic (exact) mass is 190 g/mol. The Balaban J connectivity index is 2.59. The van der Waals surface area contributed by atoms with Crippen molar-refractivity contribution >= 4 is 10.9 Å². The minimum Gasteiger partial charge on any atom is -0.496 e. The number of aromatic nitrogens is 1. The van der Waals surface area contributed by atoms with Crippen molar-refractivity contribution < 1.29 is 4.74 Å². The number of methoxy groups -OCH3 is 1. The average Bonchev–Trinajstić information content (AvgIpc) is 2.67. The van der Waals surface area contributed by atoms with E-state index in [1.54, 1.807) is 7.11 Å². The highest BCUT2D eigenvalue weighted by Crippen LogP contribution is 2.27. The predicted molar refractivity (Wildman–Crippen MR) is 57.6 cm³/mol. The first-order valence-corrected chi connectivity index (χ1v) is 4.70. The summed E-state index contributed by atoms with van der Waals surface area (Å²) in [4.78, 5) is 3.21. The second kappa shape index (κ2) is 3.72. The van der Waals surface area contributed by atoms with Gasteiger partial charge in [-0.3, -0.25) is 0 Å². The van der Waals surface area contributed by atoms with Gasteiger partial charge >= 0.3 is 0 Å². The van der Waals surface area contributed by atoms with E-state index in [1.165, 1.54) is 5.56 Å². The molecular weight excluding hydrogens is 176 g/mol. The summed E-state index contributed by atoms with van der Waals surface area (Å²) < 4.78 is 5.27. The van der Waals surface area contributed by atoms with Gasteiger partial charge in [0.15, 0.2) is 0 Å². The molecule has 0 saturated carbocycles. The lowest BCUT2D eigenvalue weighted by Crippen LogP contribution is -2.03. The van der Waals surface area contributed by atoms with Gasteiger partial charge in [-0.25, -0.2) is 0 Å². The Hall–Kier alpha value is -1.48. The van der Waals surface area contributed by atoms with E-state index in [0.717, 1.165) is 23.1 Å². The van der Waals surface area contributed by atoms with E-state index in [4.69, 9.17) is 10.5 Å². The van der Waals surface area contributed by atoms with Crippen LogP contribution in [0, 0.1) is 0 Å². The zero-order valence-corrected chi connectivity index (χ0v) is 8.21. The number of hydrogen-bond donors (Lipinski definition) is 2. The number of H-pyrrole nitrogens is 1. The molecule has 0 amide bonds. The van der Waals surface area contributed by atoms with Crippen molar-refractivity contribution in [2.24, 2.45) is 5.73 Å². The minimum absolute atomic E-state index is 0.667. The van der Waals surface area contributed by atoms with Gasteiger partial charge in [0.2, 0.25) is 0 Å². The molecule has 14 heavy (non-hydrogen) atoms. The molecule has 0 unspecified atom stereocenters. The summed E-state index contributed by atoms with van der Waals surface area (Å²) in [6.45, 7) is 0.667. The molecule has 1 aromatic heterocycles. The smallest absolute Gasteiger partial charge is 0.128 e. The summed E-state index contributed by atoms with van der Waals surface area (Å²) in [5, 5.41) is 1.12. The van der Waals surface area contributed by atoms with Gasteiger partial charge in [0.25, 0.3) is 0 Å². The van der Waals surface area contributed by atoms with E-state index in [1.807, 2.05) is 18.3 Å². The largest absolute Gasteiger partial charge is 0.496 e. The lowest BCUT2D eigenvalue weighted by atomic mass is 10.1. The summed E-state index contributed by atoms with van der Waals surface area (Å²) >= 11 is 0. The lowest BCUT2D eigenvalue weighted by molar-refractivity contribution is 0.420. The summed E-state index contributed by atoms with van der Waals surface area (Å²) in [7, 11) is 1.68. The van der Waals surface area contributed by atoms with Crippen LogP contribution in [0.3, 0.4) is 0 Å². The van der Waals surface area contributed by atoms with Gasteiger partial charge in [0, 0.05) is 11.6 Å². The van der Waals surface area contributed by atoms with Crippen LogP contribution in [0.15, 0.2) is 24.4 Å². The third-order valence-electron chi connectivity index (χ3n) is 2.40. The van der Waals surface area contributed by atoms with E-state index in [-0.39, 0.29) is 0 Å². The summed E-state index contributed by atoms with van der Waals surface area (Å²) in [5.41, 5.74) is 7.92. The van der Waals surface area contributed by atoms with Gasteiger partial charge in [0.1, 0.15) is 5.75 Å². The van der Waals surface area contributed by atoms with E-state index in [0.29, 0.717) is 6.54 Å². The first-order valence-electron chi connectivity index (χ1n) is 4.70. The summed E-state index contributed by atoms with van der Waals surface area (Å²) in [6.07, 6.45) is 2.81. The fourth-order valence-corrected chi connectivity index (χ4v) is 1.73. The molecule has 3 nitrogen and oxygen atoms in total. The molecule has 0 aliphatic carbocycles. The molecule has 2 rings (SSSR count). The number of ether oxygens (including phenoxy) is 1. The van der Waals surface area contributed by atoms with Crippen LogP contribution < -0.4 is 10.5 Å². The van der Waals surface area contributed by atoms with Crippen molar-refractivity contribution in [2.75, 3.05) is 13.7 Å². The molecule has 0 saturated heterocycles. The molecule has 0 radical (unpaired) electrons. The minimum atomic E-state index is 0.667. The van der Waals surface area contributed by atoms with E-state index < -0.39 is 0 Å². The van der Waals surface area contributed by atoms with Crippen LogP contribution in [0.25, 0.3) is 10.9 Å². The lowest BCUT2D eigenvalue weighted by Gasteiger charge is -2.05. The van der Waals surface area contributed by atoms with Crippen molar-refractivity contribution in [3.05, 3.63) is 30.0 Å². The normalized spacial score (nSPS) is 10.7. The first kappa shape index (κ1) is 9.09. The number of rotatable bonds is 3. The first-order chi connectivity index (χ1) is 6.86. The Morgan fingerprint density at radius 2 is 2.21 bits per heavy atom. The number of nitrogens with two attached hydrogens (primary N) is 1. The van der Waals surface area contributed by atoms with Gasteiger partial charge in [0.05, 0.1) is 12.6 Å². The summed E-state index contributed by atoms with van der Waals surface area (Å²) in [6, 6.07) is 6.07. The maximum atomic E-state index is 5.55. The van der Waals surface area contributed by atoms with Crippen molar-refractivity contribution in [3.63, 3.8) is 0 Å². The molecule has 1 heterocycles. The number of fused-ring (bicyclic) bond motifs is 1. The van der Waals surface area contributed by atoms with Gasteiger partial charge in [-0.2, -0.15) is 0 Å². The number of aromatic amines is 1. The zero-order chi connectivity index (χ0) is 9.97. The Kier molecular flexibility index (Phi) is 2.41. The fraction of sp³-hybridized carbons (Fsp3) is 0.273. The second-order valence-corrected chi connectivity index (χ2v) is 3.23. The quantitative estimate of drug-likeness (QED) is 0.773. The van der Waals surface area contributed by atoms with Crippen LogP contribution in [0.1, 0.15) is 5.56 Å². The molecule has 0 fully saturated rings. The Labute approximate surface area is 82.9 Å². The van der Waals surface area contributed by atoms with Crippen LogP contribution in [0.5, 0.6) is 5.75 Å². The molecular formula is C11H14N2O. The van der Waals surface area contributed by atoms with Crippen LogP contribution in [-0.4, -0.2) is 18.6 Å². The molecule has 3 heteroatoms. The molecule has 1 aromatic carbocycles. The van der Waals surface area contributed by atoms with Crippen molar-refractivity contribution in [1.82, 2.24) is 4.98 Å². The molecule has 74 valence electrons. The molecule has 0 aliphatic rings. The van der Waals surface area contributed by atoms with Crippen molar-refractivity contribution in [3.8, 4) is 5.75 Å². The summed E-state index contributed by atoms with van der Waals surface area (Å²) in [5.74, 6) is 0.905. The van der Waals surface area contributed by atoms with Crippen LogP contribution >= 0.6 is 0 Å². The molecule has 3 N–H and O–H groups in total. The highest BCUT2D eigenvalue weighted by molar-refractivity contribution is 5.88. The maximum Gasteiger partial charge on any atom is 0.128 e. The fourth-order valence-electron chi connectivity index (χ4n) is 1.73. The standard InChI is InChI=1S/C11H14N2O/c1-14-10-3-2-8(4-6-12)11-9(10)5-7-13-11/h2-3,5,7,13H,4,6,12H2,1H3. The van der Waals surface area contributed by atoms with Crippen molar-refractivity contribution in [2.45, 2.75) is 6.42 Å². The third kappa shape index (κ3) is 1.36. The zero-order valence-electron chi connectivity index (χ0n) is 8.21. The predicted octanol–water partition coefficient (Wildman–Crippen LogP) is 1.68. The number of nitrogens with one attached hydrogen (secondary N) is 1. The van der Waals surface area contributed by atoms with Gasteiger partial charge in [-0.1, -0.05) is 6.07 Å². The van der Waals surface area contributed by atoms with E-state index in [9.17, 15) is 0 Å². The number of hydrogen-bond acceptors (Lipinski definition) is 2. The van der Waals surface area contributed by atoms with Gasteiger partial charge < -0.3 is 15.5 Å². The molecule has 0 atom stereocenters. The maximum absolute atomic E-state index is 5.55. The molecule has 0 aliphatic heterocycles. The highest BCUT2D eigenvalue weighted by Gasteiger charge is 2.06.